The number of aromatic nitrogens is 3. The van der Waals surface area contributed by atoms with Crippen LogP contribution >= 0.6 is 0 Å². The Morgan fingerprint density at radius 1 is 1.46 bits per heavy atom. The zero-order valence-electron chi connectivity index (χ0n) is 14.6. The summed E-state index contributed by atoms with van der Waals surface area (Å²) in [5.74, 6) is 2.55. The second-order valence-corrected chi connectivity index (χ2v) is 6.33. The first-order valence-electron chi connectivity index (χ1n) is 8.82. The molecule has 1 atom stereocenters. The van der Waals surface area contributed by atoms with E-state index >= 15 is 0 Å². The molecule has 1 aliphatic rings. The number of nitrogens with one attached hydrogen (secondary N) is 1. The van der Waals surface area contributed by atoms with Crippen LogP contribution in [0.1, 0.15) is 38.9 Å². The molecule has 2 aromatic rings. The third-order valence-electron chi connectivity index (χ3n) is 4.69. The lowest BCUT2D eigenvalue weighted by Gasteiger charge is -2.33. The summed E-state index contributed by atoms with van der Waals surface area (Å²) in [6.45, 7) is 10.2. The highest BCUT2D eigenvalue weighted by Crippen LogP contribution is 2.30. The van der Waals surface area contributed by atoms with Gasteiger partial charge in [-0.2, -0.15) is 0 Å². The minimum Gasteiger partial charge on any atom is -0.356 e. The smallest absolute Gasteiger partial charge is 0.163 e. The summed E-state index contributed by atoms with van der Waals surface area (Å²) >= 11 is 0. The number of rotatable bonds is 5. The molecule has 0 radical (unpaired) electrons. The van der Waals surface area contributed by atoms with E-state index in [2.05, 4.69) is 29.5 Å². The molecule has 1 fully saturated rings. The Kier molecular flexibility index (Phi) is 5.14. The number of H-pyrrole nitrogens is 1. The van der Waals surface area contributed by atoms with E-state index in [1.54, 1.807) is 6.08 Å². The van der Waals surface area contributed by atoms with E-state index in [1.807, 2.05) is 31.3 Å². The van der Waals surface area contributed by atoms with Crippen molar-refractivity contribution in [1.29, 1.82) is 0 Å². The first-order chi connectivity index (χ1) is 11.8. The highest BCUT2D eigenvalue weighted by Gasteiger charge is 2.22. The van der Waals surface area contributed by atoms with Crippen molar-refractivity contribution in [3.05, 3.63) is 49.0 Å². The van der Waals surface area contributed by atoms with Gasteiger partial charge < -0.3 is 9.88 Å². The van der Waals surface area contributed by atoms with Gasteiger partial charge in [-0.3, -0.25) is 0 Å². The van der Waals surface area contributed by atoms with Gasteiger partial charge in [0.1, 0.15) is 11.5 Å². The van der Waals surface area contributed by atoms with Gasteiger partial charge in [0.05, 0.1) is 5.39 Å². The van der Waals surface area contributed by atoms with Gasteiger partial charge in [0, 0.05) is 24.9 Å². The molecule has 1 N–H and O–H groups in total. The average Bonchev–Trinajstić information content (AvgIpc) is 3.09. The van der Waals surface area contributed by atoms with Gasteiger partial charge in [0.2, 0.25) is 0 Å². The summed E-state index contributed by atoms with van der Waals surface area (Å²) in [5.41, 5.74) is 1.88. The van der Waals surface area contributed by atoms with E-state index < -0.39 is 0 Å². The SMILES string of the molecule is C=C/C=C(\C=C/C)c1nc(N2CCCC(CC)C2)c2cc[nH]c2n1. The quantitative estimate of drug-likeness (QED) is 0.809. The van der Waals surface area contributed by atoms with Crippen LogP contribution in [0.25, 0.3) is 16.6 Å². The Morgan fingerprint density at radius 2 is 2.33 bits per heavy atom. The largest absolute Gasteiger partial charge is 0.356 e. The van der Waals surface area contributed by atoms with Gasteiger partial charge in [-0.1, -0.05) is 44.2 Å². The molecule has 0 amide bonds. The minimum absolute atomic E-state index is 0.747. The number of piperidine rings is 1. The molecule has 3 rings (SSSR count). The van der Waals surface area contributed by atoms with Gasteiger partial charge in [0.25, 0.3) is 0 Å². The summed E-state index contributed by atoms with van der Waals surface area (Å²) in [6.07, 6.45) is 13.5. The number of aromatic amines is 1. The van der Waals surface area contributed by atoms with E-state index in [9.17, 15) is 0 Å². The predicted molar refractivity (Wildman–Crippen MR) is 102 cm³/mol. The van der Waals surface area contributed by atoms with E-state index in [0.29, 0.717) is 0 Å². The van der Waals surface area contributed by atoms with Crippen molar-refractivity contribution in [3.8, 4) is 0 Å². The Balaban J connectivity index is 2.08. The second-order valence-electron chi connectivity index (χ2n) is 6.33. The van der Waals surface area contributed by atoms with Crippen LogP contribution in [0.4, 0.5) is 5.82 Å². The molecule has 126 valence electrons. The Labute approximate surface area is 144 Å². The minimum atomic E-state index is 0.747. The van der Waals surface area contributed by atoms with Crippen LogP contribution < -0.4 is 4.90 Å². The maximum atomic E-state index is 4.93. The monoisotopic (exact) mass is 322 g/mol. The molecule has 0 aromatic carbocycles. The van der Waals surface area contributed by atoms with Crippen molar-refractivity contribution in [3.63, 3.8) is 0 Å². The molecule has 1 aliphatic heterocycles. The van der Waals surface area contributed by atoms with Crippen LogP contribution in [-0.2, 0) is 0 Å². The molecular formula is C20H26N4. The van der Waals surface area contributed by atoms with Crippen LogP contribution in [0.5, 0.6) is 0 Å². The molecule has 0 saturated carbocycles. The summed E-state index contributed by atoms with van der Waals surface area (Å²) in [7, 11) is 0. The lowest BCUT2D eigenvalue weighted by Crippen LogP contribution is -2.36. The highest BCUT2D eigenvalue weighted by atomic mass is 15.2. The molecule has 0 aliphatic carbocycles. The molecule has 0 bridgehead atoms. The molecule has 1 unspecified atom stereocenters. The first-order valence-corrected chi connectivity index (χ1v) is 8.82. The van der Waals surface area contributed by atoms with Crippen molar-refractivity contribution >= 4 is 22.4 Å². The van der Waals surface area contributed by atoms with Gasteiger partial charge in [-0.15, -0.1) is 0 Å². The van der Waals surface area contributed by atoms with Gasteiger partial charge in [-0.25, -0.2) is 9.97 Å². The lowest BCUT2D eigenvalue weighted by atomic mass is 9.95. The van der Waals surface area contributed by atoms with Crippen LogP contribution in [0.15, 0.2) is 43.1 Å². The van der Waals surface area contributed by atoms with Crippen molar-refractivity contribution < 1.29 is 0 Å². The number of anilines is 1. The summed E-state index contributed by atoms with van der Waals surface area (Å²) in [6, 6.07) is 2.08. The third kappa shape index (κ3) is 3.28. The number of allylic oxidation sites excluding steroid dienone is 5. The number of hydrogen-bond donors (Lipinski definition) is 1. The van der Waals surface area contributed by atoms with Crippen LogP contribution in [0.3, 0.4) is 0 Å². The fourth-order valence-corrected chi connectivity index (χ4v) is 3.40. The topological polar surface area (TPSA) is 44.8 Å². The molecule has 4 heteroatoms. The fraction of sp³-hybridized carbons (Fsp3) is 0.400. The summed E-state index contributed by atoms with van der Waals surface area (Å²) in [4.78, 5) is 15.3. The fourth-order valence-electron chi connectivity index (χ4n) is 3.40. The number of hydrogen-bond acceptors (Lipinski definition) is 3. The third-order valence-corrected chi connectivity index (χ3v) is 4.69. The van der Waals surface area contributed by atoms with Crippen LogP contribution in [0.2, 0.25) is 0 Å². The zero-order chi connectivity index (χ0) is 16.9. The molecule has 24 heavy (non-hydrogen) atoms. The van der Waals surface area contributed by atoms with E-state index in [0.717, 1.165) is 47.3 Å². The van der Waals surface area contributed by atoms with Gasteiger partial charge in [0.15, 0.2) is 5.82 Å². The lowest BCUT2D eigenvalue weighted by molar-refractivity contribution is 0.403. The normalized spacial score (nSPS) is 19.3. The predicted octanol–water partition coefficient (Wildman–Crippen LogP) is 4.73. The van der Waals surface area contributed by atoms with E-state index in [1.165, 1.54) is 19.3 Å². The van der Waals surface area contributed by atoms with Crippen LogP contribution in [0, 0.1) is 5.92 Å². The molecular weight excluding hydrogens is 296 g/mol. The van der Waals surface area contributed by atoms with E-state index in [4.69, 9.17) is 9.97 Å². The Hall–Kier alpha value is -2.36. The first kappa shape index (κ1) is 16.5. The van der Waals surface area contributed by atoms with Crippen molar-refractivity contribution in [2.24, 2.45) is 5.92 Å². The van der Waals surface area contributed by atoms with E-state index in [-0.39, 0.29) is 0 Å². The maximum Gasteiger partial charge on any atom is 0.163 e. The Morgan fingerprint density at radius 3 is 3.08 bits per heavy atom. The standard InChI is InChI=1S/C20H26N4/c1-4-8-16(9-5-2)18-22-19-17(11-12-21-19)20(23-18)24-13-7-10-15(6-3)14-24/h4-5,8-9,11-12,15H,1,6-7,10,13-14H2,2-3H3,(H,21,22,23)/b9-5-,16-8+. The number of fused-ring (bicyclic) bond motifs is 1. The van der Waals surface area contributed by atoms with Crippen molar-refractivity contribution in [1.82, 2.24) is 15.0 Å². The molecule has 2 aromatic heterocycles. The van der Waals surface area contributed by atoms with Crippen molar-refractivity contribution in [2.45, 2.75) is 33.1 Å². The number of nitrogens with zero attached hydrogens (tertiary/aromatic N) is 3. The van der Waals surface area contributed by atoms with Crippen molar-refractivity contribution in [2.75, 3.05) is 18.0 Å². The van der Waals surface area contributed by atoms with Gasteiger partial charge >= 0.3 is 0 Å². The average molecular weight is 322 g/mol. The second kappa shape index (κ2) is 7.47. The molecule has 0 spiro atoms. The summed E-state index contributed by atoms with van der Waals surface area (Å²) < 4.78 is 0. The Bertz CT molecular complexity index is 769. The highest BCUT2D eigenvalue weighted by molar-refractivity contribution is 5.89. The molecule has 4 nitrogen and oxygen atoms in total. The van der Waals surface area contributed by atoms with Crippen LogP contribution in [-0.4, -0.2) is 28.0 Å². The molecule has 1 saturated heterocycles. The van der Waals surface area contributed by atoms with Gasteiger partial charge in [-0.05, 0) is 31.7 Å². The maximum absolute atomic E-state index is 4.93. The summed E-state index contributed by atoms with van der Waals surface area (Å²) in [5, 5.41) is 1.11. The zero-order valence-corrected chi connectivity index (χ0v) is 14.6. The molecule has 3 heterocycles.